The third kappa shape index (κ3) is 6.92. The molecule has 3 fully saturated rings. The topological polar surface area (TPSA) is 158 Å². The van der Waals surface area contributed by atoms with Gasteiger partial charge in [-0.05, 0) is 75.3 Å². The number of hydrogen-bond acceptors (Lipinski definition) is 8. The van der Waals surface area contributed by atoms with E-state index in [-0.39, 0.29) is 23.3 Å². The minimum absolute atomic E-state index is 0.0451. The second-order valence-corrected chi connectivity index (χ2v) is 18.2. The third-order valence-electron chi connectivity index (χ3n) is 14.0. The standard InChI is InChI=1S/C43H50Cl2N8O5/c1-50-33-13-19-52(24-42-15-17-43(23-42,18-16-42)41(57)58)21-31(33)46-37(50)39(55)48-29-7-3-5-27(35(29)44)28-6-4-8-30(36(28)45)49-40(56)38-47-32-22-53(20-14-34(32)51(38)2)25-9-11-26(54)12-10-25/h3-8,25-26,54H,9-24H2,1-2H3,(H,48,55)(H,49,56)(H,57,58). The molecule has 5 aliphatic rings. The van der Waals surface area contributed by atoms with Crippen LogP contribution in [-0.2, 0) is 44.8 Å². The number of nitrogens with one attached hydrogen (secondary N) is 2. The van der Waals surface area contributed by atoms with Crippen LogP contribution in [0.2, 0.25) is 10.0 Å². The Bertz CT molecular complexity index is 2300. The summed E-state index contributed by atoms with van der Waals surface area (Å²) >= 11 is 14.0. The molecule has 2 amide bonds. The van der Waals surface area contributed by atoms with Gasteiger partial charge in [-0.25, -0.2) is 9.97 Å². The number of amides is 2. The summed E-state index contributed by atoms with van der Waals surface area (Å²) in [4.78, 5) is 53.9. The zero-order valence-corrected chi connectivity index (χ0v) is 34.5. The zero-order valence-electron chi connectivity index (χ0n) is 33.0. The molecule has 306 valence electrons. The van der Waals surface area contributed by atoms with E-state index in [1.165, 1.54) is 0 Å². The number of aliphatic carboxylic acids is 1. The molecule has 2 aromatic heterocycles. The highest BCUT2D eigenvalue weighted by Gasteiger charge is 2.58. The van der Waals surface area contributed by atoms with Crippen molar-refractivity contribution in [3.63, 3.8) is 0 Å². The highest BCUT2D eigenvalue weighted by Crippen LogP contribution is 2.62. The van der Waals surface area contributed by atoms with Crippen molar-refractivity contribution >= 4 is 52.4 Å². The van der Waals surface area contributed by atoms with Crippen LogP contribution in [0.3, 0.4) is 0 Å². The van der Waals surface area contributed by atoms with Crippen molar-refractivity contribution in [1.29, 1.82) is 0 Å². The molecule has 13 nitrogen and oxygen atoms in total. The summed E-state index contributed by atoms with van der Waals surface area (Å²) in [7, 11) is 3.74. The number of aromatic nitrogens is 4. The number of aliphatic hydroxyl groups is 1. The number of halogens is 2. The Labute approximate surface area is 347 Å². The van der Waals surface area contributed by atoms with E-state index in [9.17, 15) is 24.6 Å². The molecule has 9 rings (SSSR count). The molecule has 3 saturated carbocycles. The van der Waals surface area contributed by atoms with Crippen LogP contribution in [0.1, 0.15) is 102 Å². The van der Waals surface area contributed by atoms with Crippen molar-refractivity contribution in [2.24, 2.45) is 24.9 Å². The van der Waals surface area contributed by atoms with Crippen molar-refractivity contribution in [2.75, 3.05) is 30.3 Å². The lowest BCUT2D eigenvalue weighted by atomic mass is 9.81. The number of carbonyl (C=O) groups is 3. The van der Waals surface area contributed by atoms with Crippen LogP contribution in [0.4, 0.5) is 11.4 Å². The molecule has 0 unspecified atom stereocenters. The Morgan fingerprint density at radius 2 is 1.31 bits per heavy atom. The molecule has 3 aliphatic carbocycles. The van der Waals surface area contributed by atoms with Gasteiger partial charge in [0.2, 0.25) is 0 Å². The highest BCUT2D eigenvalue weighted by atomic mass is 35.5. The Morgan fingerprint density at radius 1 is 0.776 bits per heavy atom. The molecule has 2 aliphatic heterocycles. The van der Waals surface area contributed by atoms with Crippen molar-refractivity contribution in [3.05, 3.63) is 80.9 Å². The first-order chi connectivity index (χ1) is 27.8. The van der Waals surface area contributed by atoms with Crippen LogP contribution < -0.4 is 10.6 Å². The SMILES string of the molecule is Cn1c(C(=O)Nc2cccc(-c3cccc(NC(=O)c4nc5c(n4C)CCN(C4CCC(O)CC4)C5)c3Cl)c2Cl)nc2c1CCN(CC13CCC(C(=O)O)(CC1)C3)C2. The number of hydrogen-bond donors (Lipinski definition) is 4. The molecule has 0 spiro atoms. The number of imidazole rings is 2. The normalized spacial score (nSPS) is 25.7. The number of carbonyl (C=O) groups excluding carboxylic acids is 2. The summed E-state index contributed by atoms with van der Waals surface area (Å²) in [6.45, 7) is 3.88. The largest absolute Gasteiger partial charge is 0.481 e. The molecule has 58 heavy (non-hydrogen) atoms. The Morgan fingerprint density at radius 3 is 1.84 bits per heavy atom. The van der Waals surface area contributed by atoms with Crippen LogP contribution in [-0.4, -0.2) is 88.7 Å². The lowest BCUT2D eigenvalue weighted by Crippen LogP contribution is -2.42. The van der Waals surface area contributed by atoms with Gasteiger partial charge in [0.1, 0.15) is 0 Å². The Hall–Kier alpha value is -4.27. The lowest BCUT2D eigenvalue weighted by molar-refractivity contribution is -0.148. The summed E-state index contributed by atoms with van der Waals surface area (Å²) < 4.78 is 3.73. The molecule has 0 radical (unpaired) electrons. The first-order valence-electron chi connectivity index (χ1n) is 20.5. The second kappa shape index (κ2) is 15.1. The summed E-state index contributed by atoms with van der Waals surface area (Å²) in [6, 6.07) is 11.1. The molecule has 0 atom stereocenters. The van der Waals surface area contributed by atoms with Crippen molar-refractivity contribution in [1.82, 2.24) is 28.9 Å². The molecule has 4 aromatic rings. The van der Waals surface area contributed by atoms with E-state index < -0.39 is 11.4 Å². The van der Waals surface area contributed by atoms with Gasteiger partial charge >= 0.3 is 5.97 Å². The fourth-order valence-corrected chi connectivity index (χ4v) is 11.3. The molecule has 0 saturated heterocycles. The number of nitrogens with zero attached hydrogens (tertiary/aromatic N) is 6. The lowest BCUT2D eigenvalue weighted by Gasteiger charge is -2.37. The number of anilines is 2. The van der Waals surface area contributed by atoms with Crippen LogP contribution in [0.5, 0.6) is 0 Å². The van der Waals surface area contributed by atoms with Gasteiger partial charge in [-0.15, -0.1) is 0 Å². The maximum atomic E-state index is 13.8. The number of benzene rings is 2. The molecule has 4 N–H and O–H groups in total. The van der Waals surface area contributed by atoms with Crippen LogP contribution in [0.25, 0.3) is 11.1 Å². The average Bonchev–Trinajstić information content (AvgIpc) is 3.96. The minimum atomic E-state index is -0.649. The Balaban J connectivity index is 0.876. The molecular weight excluding hydrogens is 779 g/mol. The quantitative estimate of drug-likeness (QED) is 0.144. The predicted molar refractivity (Wildman–Crippen MR) is 221 cm³/mol. The first kappa shape index (κ1) is 39.2. The molecule has 15 heteroatoms. The van der Waals surface area contributed by atoms with Gasteiger partial charge in [-0.3, -0.25) is 24.2 Å². The van der Waals surface area contributed by atoms with Gasteiger partial charge in [0.15, 0.2) is 11.6 Å². The van der Waals surface area contributed by atoms with E-state index in [1.807, 2.05) is 35.4 Å². The molecule has 2 aromatic carbocycles. The maximum absolute atomic E-state index is 13.8. The number of fused-ring (bicyclic) bond motifs is 4. The first-order valence-corrected chi connectivity index (χ1v) is 21.3. The highest BCUT2D eigenvalue weighted by molar-refractivity contribution is 6.40. The molecule has 2 bridgehead atoms. The van der Waals surface area contributed by atoms with Gasteiger partial charge in [0.05, 0.1) is 44.3 Å². The number of carboxylic acid groups (broad SMARTS) is 1. The van der Waals surface area contributed by atoms with E-state index in [0.29, 0.717) is 63.3 Å². The van der Waals surface area contributed by atoms with Gasteiger partial charge in [0, 0.05) is 88.2 Å². The number of aliphatic hydroxyl groups excluding tert-OH is 1. The summed E-state index contributed by atoms with van der Waals surface area (Å²) in [6.07, 6.45) is 9.09. The van der Waals surface area contributed by atoms with E-state index in [4.69, 9.17) is 33.2 Å². The van der Waals surface area contributed by atoms with Crippen molar-refractivity contribution in [3.8, 4) is 11.1 Å². The van der Waals surface area contributed by atoms with Crippen molar-refractivity contribution < 1.29 is 24.6 Å². The third-order valence-corrected chi connectivity index (χ3v) is 14.8. The van der Waals surface area contributed by atoms with E-state index in [0.717, 1.165) is 113 Å². The number of carboxylic acids is 1. The molecular formula is C43H50Cl2N8O5. The second-order valence-electron chi connectivity index (χ2n) is 17.4. The smallest absolute Gasteiger partial charge is 0.309 e. The van der Waals surface area contributed by atoms with E-state index in [2.05, 4.69) is 20.4 Å². The minimum Gasteiger partial charge on any atom is -0.481 e. The maximum Gasteiger partial charge on any atom is 0.309 e. The average molecular weight is 830 g/mol. The Kier molecular flexibility index (Phi) is 10.2. The summed E-state index contributed by atoms with van der Waals surface area (Å²) in [5, 5.41) is 26.4. The van der Waals surface area contributed by atoms with Crippen LogP contribution >= 0.6 is 23.2 Å². The summed E-state index contributed by atoms with van der Waals surface area (Å²) in [5.41, 5.74) is 5.34. The van der Waals surface area contributed by atoms with Gasteiger partial charge < -0.3 is 30.0 Å². The zero-order chi connectivity index (χ0) is 40.5. The number of rotatable bonds is 9. The monoisotopic (exact) mass is 828 g/mol. The van der Waals surface area contributed by atoms with E-state index >= 15 is 0 Å². The van der Waals surface area contributed by atoms with E-state index in [1.54, 1.807) is 24.3 Å². The summed E-state index contributed by atoms with van der Waals surface area (Å²) in [5.74, 6) is -0.798. The van der Waals surface area contributed by atoms with Crippen molar-refractivity contribution in [2.45, 2.75) is 95.9 Å². The van der Waals surface area contributed by atoms with Crippen LogP contribution in [0.15, 0.2) is 36.4 Å². The molecule has 4 heterocycles. The predicted octanol–water partition coefficient (Wildman–Crippen LogP) is 6.69. The fourth-order valence-electron chi connectivity index (χ4n) is 10.7. The van der Waals surface area contributed by atoms with Gasteiger partial charge in [0.25, 0.3) is 11.8 Å². The van der Waals surface area contributed by atoms with Gasteiger partial charge in [-0.1, -0.05) is 47.5 Å². The van der Waals surface area contributed by atoms with Gasteiger partial charge in [-0.2, -0.15) is 0 Å². The fraction of sp³-hybridized carbons (Fsp3) is 0.512. The van der Waals surface area contributed by atoms with Crippen LogP contribution in [0, 0.1) is 10.8 Å².